The number of rotatable bonds is 1. The highest BCUT2D eigenvalue weighted by Gasteiger charge is 2.21. The van der Waals surface area contributed by atoms with Crippen LogP contribution in [-0.2, 0) is 5.54 Å². The molecule has 6 heteroatoms. The molecule has 0 saturated heterocycles. The standard InChI is InChI=1S/C12H17N5O/c1-6-7-5-8(10(14)18)9(13)15-11(7)17(16-6)12(2,3)4/h5H,1-4H3,(H2,13,15)(H2,14,18). The summed E-state index contributed by atoms with van der Waals surface area (Å²) in [5, 5.41) is 5.25. The van der Waals surface area contributed by atoms with E-state index in [2.05, 4.69) is 10.1 Å². The van der Waals surface area contributed by atoms with Gasteiger partial charge in [-0.3, -0.25) is 4.79 Å². The molecule has 0 aromatic carbocycles. The number of carbonyl (C=O) groups is 1. The van der Waals surface area contributed by atoms with Crippen molar-refractivity contribution in [1.29, 1.82) is 0 Å². The maximum atomic E-state index is 11.3. The highest BCUT2D eigenvalue weighted by atomic mass is 16.1. The minimum absolute atomic E-state index is 0.139. The first-order chi connectivity index (χ1) is 8.21. The molecule has 0 radical (unpaired) electrons. The molecule has 0 aliphatic carbocycles. The first-order valence-electron chi connectivity index (χ1n) is 5.68. The van der Waals surface area contributed by atoms with Crippen LogP contribution in [-0.4, -0.2) is 20.7 Å². The quantitative estimate of drug-likeness (QED) is 0.790. The summed E-state index contributed by atoms with van der Waals surface area (Å²) in [6, 6.07) is 1.66. The average molecular weight is 247 g/mol. The molecule has 0 aliphatic heterocycles. The van der Waals surface area contributed by atoms with E-state index in [4.69, 9.17) is 11.5 Å². The van der Waals surface area contributed by atoms with Crippen LogP contribution in [0.15, 0.2) is 6.07 Å². The summed E-state index contributed by atoms with van der Waals surface area (Å²) in [5.41, 5.74) is 12.5. The molecule has 2 heterocycles. The van der Waals surface area contributed by atoms with Crippen molar-refractivity contribution in [2.75, 3.05) is 5.73 Å². The van der Waals surface area contributed by atoms with Crippen LogP contribution < -0.4 is 11.5 Å². The molecule has 6 nitrogen and oxygen atoms in total. The summed E-state index contributed by atoms with van der Waals surface area (Å²) in [4.78, 5) is 15.5. The Bertz CT molecular complexity index is 636. The highest BCUT2D eigenvalue weighted by molar-refractivity contribution is 6.00. The van der Waals surface area contributed by atoms with Crippen molar-refractivity contribution in [3.05, 3.63) is 17.3 Å². The second-order valence-corrected chi connectivity index (χ2v) is 5.32. The largest absolute Gasteiger partial charge is 0.383 e. The molecule has 0 saturated carbocycles. The number of hydrogen-bond acceptors (Lipinski definition) is 4. The van der Waals surface area contributed by atoms with Crippen LogP contribution >= 0.6 is 0 Å². The van der Waals surface area contributed by atoms with Gasteiger partial charge in [0.2, 0.25) is 0 Å². The van der Waals surface area contributed by atoms with E-state index in [0.29, 0.717) is 5.65 Å². The van der Waals surface area contributed by atoms with Gasteiger partial charge in [-0.25, -0.2) is 9.67 Å². The molecule has 2 aromatic rings. The fourth-order valence-electron chi connectivity index (χ4n) is 1.86. The van der Waals surface area contributed by atoms with Gasteiger partial charge in [0.05, 0.1) is 16.8 Å². The van der Waals surface area contributed by atoms with Gasteiger partial charge in [0.25, 0.3) is 5.91 Å². The lowest BCUT2D eigenvalue weighted by atomic mass is 10.1. The number of primary amides is 1. The Morgan fingerprint density at radius 2 is 2.00 bits per heavy atom. The Balaban J connectivity index is 2.83. The molecule has 4 N–H and O–H groups in total. The van der Waals surface area contributed by atoms with E-state index in [1.165, 1.54) is 0 Å². The number of nitrogen functional groups attached to an aromatic ring is 1. The van der Waals surface area contributed by atoms with E-state index < -0.39 is 5.91 Å². The normalized spacial score (nSPS) is 12.0. The fraction of sp³-hybridized carbons (Fsp3) is 0.417. The number of nitrogens with zero attached hydrogens (tertiary/aromatic N) is 3. The van der Waals surface area contributed by atoms with E-state index in [9.17, 15) is 4.79 Å². The van der Waals surface area contributed by atoms with E-state index in [1.807, 2.05) is 27.7 Å². The summed E-state index contributed by atoms with van der Waals surface area (Å²) < 4.78 is 1.80. The Morgan fingerprint density at radius 1 is 1.39 bits per heavy atom. The number of fused-ring (bicyclic) bond motifs is 1. The van der Waals surface area contributed by atoms with Crippen LogP contribution in [0.4, 0.5) is 5.82 Å². The zero-order valence-electron chi connectivity index (χ0n) is 11.0. The molecule has 96 valence electrons. The number of aryl methyl sites for hydroxylation is 1. The second kappa shape index (κ2) is 3.69. The Kier molecular flexibility index (Phi) is 2.53. The Labute approximate surface area is 105 Å². The van der Waals surface area contributed by atoms with Gasteiger partial charge in [-0.1, -0.05) is 0 Å². The zero-order chi connectivity index (χ0) is 13.7. The van der Waals surface area contributed by atoms with Crippen LogP contribution in [0.25, 0.3) is 11.0 Å². The van der Waals surface area contributed by atoms with Crippen molar-refractivity contribution in [2.45, 2.75) is 33.2 Å². The molecule has 0 bridgehead atoms. The summed E-state index contributed by atoms with van der Waals surface area (Å²) in [6.45, 7) is 7.95. The third-order valence-electron chi connectivity index (χ3n) is 2.77. The number of hydrogen-bond donors (Lipinski definition) is 2. The van der Waals surface area contributed by atoms with Gasteiger partial charge in [-0.15, -0.1) is 0 Å². The minimum Gasteiger partial charge on any atom is -0.383 e. The van der Waals surface area contributed by atoms with E-state index >= 15 is 0 Å². The first kappa shape index (κ1) is 12.3. The maximum Gasteiger partial charge on any atom is 0.252 e. The van der Waals surface area contributed by atoms with Crippen molar-refractivity contribution in [3.8, 4) is 0 Å². The number of carbonyl (C=O) groups excluding carboxylic acids is 1. The van der Waals surface area contributed by atoms with Gasteiger partial charge >= 0.3 is 0 Å². The lowest BCUT2D eigenvalue weighted by molar-refractivity contribution is 0.100. The first-order valence-corrected chi connectivity index (χ1v) is 5.68. The second-order valence-electron chi connectivity index (χ2n) is 5.32. The van der Waals surface area contributed by atoms with Gasteiger partial charge in [0.1, 0.15) is 5.82 Å². The predicted octanol–water partition coefficient (Wildman–Crippen LogP) is 1.18. The number of amides is 1. The molecule has 1 amide bonds. The van der Waals surface area contributed by atoms with Crippen LogP contribution in [0.5, 0.6) is 0 Å². The summed E-state index contributed by atoms with van der Waals surface area (Å²) in [7, 11) is 0. The summed E-state index contributed by atoms with van der Waals surface area (Å²) in [5.74, 6) is -0.440. The van der Waals surface area contributed by atoms with E-state index in [1.54, 1.807) is 10.7 Å². The van der Waals surface area contributed by atoms with Gasteiger partial charge < -0.3 is 11.5 Å². The minimum atomic E-state index is -0.579. The molecular formula is C12H17N5O. The van der Waals surface area contributed by atoms with Crippen LogP contribution in [0.2, 0.25) is 0 Å². The van der Waals surface area contributed by atoms with Crippen LogP contribution in [0.1, 0.15) is 36.8 Å². The highest BCUT2D eigenvalue weighted by Crippen LogP contribution is 2.25. The van der Waals surface area contributed by atoms with Gasteiger partial charge in [-0.2, -0.15) is 5.10 Å². The molecular weight excluding hydrogens is 230 g/mol. The smallest absolute Gasteiger partial charge is 0.252 e. The fourth-order valence-corrected chi connectivity index (χ4v) is 1.86. The van der Waals surface area contributed by atoms with Crippen molar-refractivity contribution in [1.82, 2.24) is 14.8 Å². The third-order valence-corrected chi connectivity index (χ3v) is 2.77. The molecule has 0 atom stereocenters. The SMILES string of the molecule is Cc1nn(C(C)(C)C)c2nc(N)c(C(N)=O)cc12. The third kappa shape index (κ3) is 1.79. The number of anilines is 1. The molecule has 0 unspecified atom stereocenters. The van der Waals surface area contributed by atoms with Crippen molar-refractivity contribution >= 4 is 22.8 Å². The van der Waals surface area contributed by atoms with Gasteiger partial charge in [0, 0.05) is 5.39 Å². The van der Waals surface area contributed by atoms with Crippen molar-refractivity contribution in [2.24, 2.45) is 5.73 Å². The summed E-state index contributed by atoms with van der Waals surface area (Å²) >= 11 is 0. The molecule has 2 rings (SSSR count). The van der Waals surface area contributed by atoms with Gasteiger partial charge in [-0.05, 0) is 33.8 Å². The number of nitrogens with two attached hydrogens (primary N) is 2. The maximum absolute atomic E-state index is 11.3. The Morgan fingerprint density at radius 3 is 2.50 bits per heavy atom. The molecule has 0 fully saturated rings. The molecule has 2 aromatic heterocycles. The average Bonchev–Trinajstić information content (AvgIpc) is 2.53. The molecule has 0 aliphatic rings. The number of aromatic nitrogens is 3. The van der Waals surface area contributed by atoms with Gasteiger partial charge in [0.15, 0.2) is 5.65 Å². The van der Waals surface area contributed by atoms with E-state index in [0.717, 1.165) is 11.1 Å². The lowest BCUT2D eigenvalue weighted by Crippen LogP contribution is -2.24. The Hall–Kier alpha value is -2.11. The van der Waals surface area contributed by atoms with E-state index in [-0.39, 0.29) is 16.9 Å². The van der Waals surface area contributed by atoms with Crippen LogP contribution in [0.3, 0.4) is 0 Å². The van der Waals surface area contributed by atoms with Crippen LogP contribution in [0, 0.1) is 6.92 Å². The predicted molar refractivity (Wildman–Crippen MR) is 70.2 cm³/mol. The van der Waals surface area contributed by atoms with Crippen molar-refractivity contribution < 1.29 is 4.79 Å². The topological polar surface area (TPSA) is 99.8 Å². The molecule has 18 heavy (non-hydrogen) atoms. The zero-order valence-corrected chi connectivity index (χ0v) is 11.0. The monoisotopic (exact) mass is 247 g/mol. The number of pyridine rings is 1. The lowest BCUT2D eigenvalue weighted by Gasteiger charge is -2.19. The molecule has 0 spiro atoms. The van der Waals surface area contributed by atoms with Crippen molar-refractivity contribution in [3.63, 3.8) is 0 Å². The summed E-state index contributed by atoms with van der Waals surface area (Å²) in [6.07, 6.45) is 0.